The van der Waals surface area contributed by atoms with Crippen LogP contribution in [-0.2, 0) is 0 Å². The number of carboxylic acids is 1. The summed E-state index contributed by atoms with van der Waals surface area (Å²) in [5, 5.41) is 9.06. The Hall–Kier alpha value is -1.95. The van der Waals surface area contributed by atoms with Gasteiger partial charge in [0.2, 0.25) is 5.82 Å². The van der Waals surface area contributed by atoms with Crippen molar-refractivity contribution in [2.75, 3.05) is 0 Å². The largest absolute Gasteiger partial charge is 0.478 e. The molecule has 0 atom stereocenters. The maximum absolute atomic E-state index is 13.6. The van der Waals surface area contributed by atoms with E-state index in [1.54, 1.807) is 13.0 Å². The fourth-order valence-electron chi connectivity index (χ4n) is 1.62. The van der Waals surface area contributed by atoms with Crippen LogP contribution in [0.1, 0.15) is 15.9 Å². The van der Waals surface area contributed by atoms with Gasteiger partial charge in [0, 0.05) is 4.47 Å². The molecule has 0 saturated heterocycles. The van der Waals surface area contributed by atoms with Gasteiger partial charge in [-0.15, -0.1) is 0 Å². The lowest BCUT2D eigenvalue weighted by Gasteiger charge is -2.11. The normalized spacial score (nSPS) is 10.4. The third-order valence-electron chi connectivity index (χ3n) is 2.55. The Balaban J connectivity index is 2.50. The van der Waals surface area contributed by atoms with Gasteiger partial charge in [-0.05, 0) is 36.8 Å². The third-order valence-corrected chi connectivity index (χ3v) is 3.00. The molecule has 6 heteroatoms. The van der Waals surface area contributed by atoms with Crippen LogP contribution in [0.4, 0.5) is 8.78 Å². The van der Waals surface area contributed by atoms with Crippen molar-refractivity contribution in [2.24, 2.45) is 0 Å². The first kappa shape index (κ1) is 14.5. The molecule has 0 aliphatic heterocycles. The van der Waals surface area contributed by atoms with E-state index in [1.807, 2.05) is 0 Å². The number of benzene rings is 2. The van der Waals surface area contributed by atoms with E-state index in [0.717, 1.165) is 11.6 Å². The molecule has 0 aliphatic rings. The van der Waals surface area contributed by atoms with Crippen molar-refractivity contribution in [1.29, 1.82) is 0 Å². The minimum atomic E-state index is -1.21. The topological polar surface area (TPSA) is 46.5 Å². The van der Waals surface area contributed by atoms with Crippen LogP contribution >= 0.6 is 15.9 Å². The number of carbonyl (C=O) groups is 1. The highest BCUT2D eigenvalue weighted by Gasteiger charge is 2.16. The predicted octanol–water partition coefficient (Wildman–Crippen LogP) is 4.53. The van der Waals surface area contributed by atoms with Crippen LogP contribution in [0.5, 0.6) is 11.5 Å². The van der Waals surface area contributed by atoms with E-state index in [4.69, 9.17) is 9.84 Å². The maximum atomic E-state index is 13.6. The number of rotatable bonds is 3. The third kappa shape index (κ3) is 2.96. The predicted molar refractivity (Wildman–Crippen MR) is 72.3 cm³/mol. The molecule has 0 radical (unpaired) electrons. The molecule has 20 heavy (non-hydrogen) atoms. The quantitative estimate of drug-likeness (QED) is 0.833. The second-order valence-corrected chi connectivity index (χ2v) is 5.02. The Bertz CT molecular complexity index is 686. The number of hydrogen-bond donors (Lipinski definition) is 1. The van der Waals surface area contributed by atoms with Crippen LogP contribution < -0.4 is 4.74 Å². The zero-order valence-corrected chi connectivity index (χ0v) is 11.9. The highest BCUT2D eigenvalue weighted by Crippen LogP contribution is 2.32. The Morgan fingerprint density at radius 1 is 1.20 bits per heavy atom. The van der Waals surface area contributed by atoms with Crippen LogP contribution in [0.15, 0.2) is 34.8 Å². The van der Waals surface area contributed by atoms with Crippen LogP contribution in [0.25, 0.3) is 0 Å². The van der Waals surface area contributed by atoms with Crippen molar-refractivity contribution >= 4 is 21.9 Å². The molecule has 1 N–H and O–H groups in total. The van der Waals surface area contributed by atoms with Gasteiger partial charge in [0.05, 0.1) is 0 Å². The molecule has 104 valence electrons. The van der Waals surface area contributed by atoms with Gasteiger partial charge in [-0.3, -0.25) is 0 Å². The average molecular weight is 343 g/mol. The lowest BCUT2D eigenvalue weighted by molar-refractivity contribution is 0.0694. The fourth-order valence-corrected chi connectivity index (χ4v) is 2.02. The highest BCUT2D eigenvalue weighted by molar-refractivity contribution is 9.10. The van der Waals surface area contributed by atoms with Crippen LogP contribution in [0.3, 0.4) is 0 Å². The zero-order valence-electron chi connectivity index (χ0n) is 10.3. The van der Waals surface area contributed by atoms with Gasteiger partial charge in [-0.25, -0.2) is 9.18 Å². The van der Waals surface area contributed by atoms with Crippen molar-refractivity contribution in [3.8, 4) is 11.5 Å². The molecule has 2 aromatic carbocycles. The first-order chi connectivity index (χ1) is 9.38. The van der Waals surface area contributed by atoms with Gasteiger partial charge in [0.25, 0.3) is 0 Å². The second kappa shape index (κ2) is 5.58. The van der Waals surface area contributed by atoms with Gasteiger partial charge in [0.1, 0.15) is 11.3 Å². The van der Waals surface area contributed by atoms with Crippen molar-refractivity contribution in [2.45, 2.75) is 6.92 Å². The van der Waals surface area contributed by atoms with E-state index in [-0.39, 0.29) is 21.5 Å². The number of aromatic carboxylic acids is 1. The minimum absolute atomic E-state index is 0.0473. The molecule has 2 aromatic rings. The van der Waals surface area contributed by atoms with E-state index in [1.165, 1.54) is 18.2 Å². The molecular formula is C14H9BrF2O3. The lowest BCUT2D eigenvalue weighted by atomic mass is 10.1. The summed E-state index contributed by atoms with van der Waals surface area (Å²) >= 11 is 3.02. The molecule has 2 rings (SSSR count). The molecule has 0 spiro atoms. The standard InChI is InChI=1S/C14H9BrF2O3/c1-7-2-3-9(14(18)19)11(4-7)20-12-6-8(15)5-10(16)13(12)17/h2-6H,1H3,(H,18,19). The number of halogens is 3. The monoisotopic (exact) mass is 342 g/mol. The summed E-state index contributed by atoms with van der Waals surface area (Å²) in [6, 6.07) is 6.57. The number of ether oxygens (including phenoxy) is 1. The molecule has 0 saturated carbocycles. The minimum Gasteiger partial charge on any atom is -0.478 e. The van der Waals surface area contributed by atoms with Gasteiger partial charge in [0.15, 0.2) is 11.6 Å². The second-order valence-electron chi connectivity index (χ2n) is 4.11. The molecule has 0 bridgehead atoms. The van der Waals surface area contributed by atoms with Crippen LogP contribution in [0.2, 0.25) is 0 Å². The summed E-state index contributed by atoms with van der Waals surface area (Å²) in [5.74, 6) is -3.90. The molecule has 0 unspecified atom stereocenters. The number of hydrogen-bond acceptors (Lipinski definition) is 2. The maximum Gasteiger partial charge on any atom is 0.339 e. The summed E-state index contributed by atoms with van der Waals surface area (Å²) < 4.78 is 32.4. The van der Waals surface area contributed by atoms with E-state index in [0.29, 0.717) is 0 Å². The zero-order chi connectivity index (χ0) is 14.9. The Kier molecular flexibility index (Phi) is 4.04. The van der Waals surface area contributed by atoms with Crippen molar-refractivity contribution < 1.29 is 23.4 Å². The molecule has 0 fully saturated rings. The molecule has 3 nitrogen and oxygen atoms in total. The van der Waals surface area contributed by atoms with Crippen molar-refractivity contribution in [3.63, 3.8) is 0 Å². The molecule has 0 aromatic heterocycles. The highest BCUT2D eigenvalue weighted by atomic mass is 79.9. The average Bonchev–Trinajstić information content (AvgIpc) is 2.35. The molecule has 0 heterocycles. The van der Waals surface area contributed by atoms with Gasteiger partial charge < -0.3 is 9.84 Å². The summed E-state index contributed by atoms with van der Waals surface area (Å²) in [7, 11) is 0. The smallest absolute Gasteiger partial charge is 0.339 e. The Morgan fingerprint density at radius 3 is 2.55 bits per heavy atom. The Morgan fingerprint density at radius 2 is 1.90 bits per heavy atom. The Labute approximate surface area is 121 Å². The van der Waals surface area contributed by atoms with E-state index < -0.39 is 17.6 Å². The fraction of sp³-hybridized carbons (Fsp3) is 0.0714. The summed E-state index contributed by atoms with van der Waals surface area (Å²) in [6.07, 6.45) is 0. The number of carboxylic acid groups (broad SMARTS) is 1. The van der Waals surface area contributed by atoms with Crippen molar-refractivity contribution in [1.82, 2.24) is 0 Å². The lowest BCUT2D eigenvalue weighted by Crippen LogP contribution is -2.01. The van der Waals surface area contributed by atoms with E-state index >= 15 is 0 Å². The van der Waals surface area contributed by atoms with E-state index in [9.17, 15) is 13.6 Å². The summed E-state index contributed by atoms with van der Waals surface area (Å²) in [4.78, 5) is 11.1. The van der Waals surface area contributed by atoms with Crippen molar-refractivity contribution in [3.05, 3.63) is 57.6 Å². The van der Waals surface area contributed by atoms with E-state index in [2.05, 4.69) is 15.9 Å². The van der Waals surface area contributed by atoms with Crippen LogP contribution in [0, 0.1) is 18.6 Å². The number of aryl methyl sites for hydroxylation is 1. The van der Waals surface area contributed by atoms with Crippen LogP contribution in [-0.4, -0.2) is 11.1 Å². The summed E-state index contributed by atoms with van der Waals surface area (Å²) in [5.41, 5.74) is 0.608. The molecule has 0 aliphatic carbocycles. The SMILES string of the molecule is Cc1ccc(C(=O)O)c(Oc2cc(Br)cc(F)c2F)c1. The molecular weight excluding hydrogens is 334 g/mol. The first-order valence-electron chi connectivity index (χ1n) is 5.55. The first-order valence-corrected chi connectivity index (χ1v) is 6.34. The summed E-state index contributed by atoms with van der Waals surface area (Å²) in [6.45, 7) is 1.73. The van der Waals surface area contributed by atoms with Gasteiger partial charge in [-0.2, -0.15) is 4.39 Å². The van der Waals surface area contributed by atoms with Gasteiger partial charge in [-0.1, -0.05) is 22.0 Å². The van der Waals surface area contributed by atoms with Gasteiger partial charge >= 0.3 is 5.97 Å². The molecule has 0 amide bonds.